The second-order valence-electron chi connectivity index (χ2n) is 11.3. The lowest BCUT2D eigenvalue weighted by Crippen LogP contribution is -2.63. The minimum atomic E-state index is -1.06. The molecular weight excluding hydrogens is 464 g/mol. The Kier molecular flexibility index (Phi) is 5.91. The summed E-state index contributed by atoms with van der Waals surface area (Å²) in [4.78, 5) is 12.6. The first-order valence-corrected chi connectivity index (χ1v) is 13.8. The number of hydrogen-bond acceptors (Lipinski definition) is 8. The van der Waals surface area contributed by atoms with Crippen molar-refractivity contribution in [3.05, 3.63) is 35.4 Å². The number of hydrogen-bond donors (Lipinski definition) is 0. The van der Waals surface area contributed by atoms with E-state index in [9.17, 15) is 4.79 Å². The van der Waals surface area contributed by atoms with Crippen molar-refractivity contribution in [2.45, 2.75) is 112 Å². The predicted molar refractivity (Wildman–Crippen MR) is 126 cm³/mol. The Morgan fingerprint density at radius 3 is 2.44 bits per heavy atom. The lowest BCUT2D eigenvalue weighted by Gasteiger charge is -2.45. The number of rotatable bonds is 3. The summed E-state index contributed by atoms with van der Waals surface area (Å²) in [5.74, 6) is -2.55. The van der Waals surface area contributed by atoms with Gasteiger partial charge in [-0.15, -0.1) is 0 Å². The molecule has 6 aliphatic rings. The van der Waals surface area contributed by atoms with E-state index in [4.69, 9.17) is 33.2 Å². The van der Waals surface area contributed by atoms with Crippen molar-refractivity contribution in [2.24, 2.45) is 0 Å². The number of cyclic esters (lactones) is 1. The van der Waals surface area contributed by atoms with Gasteiger partial charge in [0.2, 0.25) is 5.79 Å². The molecule has 3 saturated heterocycles. The fourth-order valence-electron chi connectivity index (χ4n) is 7.04. The molecule has 4 aliphatic heterocycles. The number of benzene rings is 1. The maximum atomic E-state index is 12.6. The fraction of sp³-hybridized carbons (Fsp3) is 0.750. The highest BCUT2D eigenvalue weighted by molar-refractivity contribution is 5.92. The molecule has 2 aliphatic carbocycles. The summed E-state index contributed by atoms with van der Waals surface area (Å²) in [6.45, 7) is 0.911. The van der Waals surface area contributed by atoms with Gasteiger partial charge >= 0.3 is 5.97 Å². The second kappa shape index (κ2) is 9.03. The van der Waals surface area contributed by atoms with Crippen molar-refractivity contribution >= 4 is 5.97 Å². The van der Waals surface area contributed by atoms with Crippen LogP contribution in [0, 0.1) is 0 Å². The highest BCUT2D eigenvalue weighted by Gasteiger charge is 2.65. The first-order chi connectivity index (χ1) is 17.6. The molecule has 5 atom stereocenters. The molecule has 0 N–H and O–H groups in total. The molecule has 2 saturated carbocycles. The molecule has 3 spiro atoms. The van der Waals surface area contributed by atoms with Crippen LogP contribution in [0.2, 0.25) is 0 Å². The van der Waals surface area contributed by atoms with Gasteiger partial charge in [0, 0.05) is 32.1 Å². The monoisotopic (exact) mass is 500 g/mol. The van der Waals surface area contributed by atoms with Crippen LogP contribution in [-0.4, -0.2) is 67.6 Å². The third kappa shape index (κ3) is 4.01. The van der Waals surface area contributed by atoms with Crippen LogP contribution in [0.15, 0.2) is 24.3 Å². The minimum absolute atomic E-state index is 0.222. The molecule has 0 unspecified atom stereocenters. The first-order valence-electron chi connectivity index (χ1n) is 13.8. The van der Waals surface area contributed by atoms with Gasteiger partial charge in [0.25, 0.3) is 0 Å². The van der Waals surface area contributed by atoms with Crippen LogP contribution >= 0.6 is 0 Å². The van der Waals surface area contributed by atoms with Crippen LogP contribution in [0.3, 0.4) is 0 Å². The third-order valence-corrected chi connectivity index (χ3v) is 8.85. The van der Waals surface area contributed by atoms with Crippen LogP contribution in [0.4, 0.5) is 0 Å². The summed E-state index contributed by atoms with van der Waals surface area (Å²) >= 11 is 0. The molecule has 1 aromatic carbocycles. The zero-order valence-electron chi connectivity index (χ0n) is 20.8. The molecule has 4 heterocycles. The molecule has 0 amide bonds. The quantitative estimate of drug-likeness (QED) is 0.576. The van der Waals surface area contributed by atoms with E-state index in [-0.39, 0.29) is 30.9 Å². The summed E-state index contributed by atoms with van der Waals surface area (Å²) in [7, 11) is 0. The molecule has 196 valence electrons. The smallest absolute Gasteiger partial charge is 0.338 e. The van der Waals surface area contributed by atoms with Crippen molar-refractivity contribution in [3.8, 4) is 0 Å². The zero-order valence-corrected chi connectivity index (χ0v) is 20.8. The van der Waals surface area contributed by atoms with E-state index in [1.807, 2.05) is 24.3 Å². The van der Waals surface area contributed by atoms with E-state index in [0.29, 0.717) is 25.2 Å². The number of carbonyl (C=O) groups is 1. The van der Waals surface area contributed by atoms with Crippen molar-refractivity contribution in [1.82, 2.24) is 0 Å². The Hall–Kier alpha value is -1.55. The molecule has 0 bridgehead atoms. The summed E-state index contributed by atoms with van der Waals surface area (Å²) < 4.78 is 45.1. The maximum absolute atomic E-state index is 12.6. The second-order valence-corrected chi connectivity index (χ2v) is 11.3. The summed E-state index contributed by atoms with van der Waals surface area (Å²) in [5.41, 5.74) is 1.61. The van der Waals surface area contributed by atoms with Gasteiger partial charge in [-0.1, -0.05) is 31.0 Å². The van der Waals surface area contributed by atoms with E-state index in [2.05, 4.69) is 0 Å². The van der Waals surface area contributed by atoms with E-state index >= 15 is 0 Å². The van der Waals surface area contributed by atoms with Gasteiger partial charge in [0.15, 0.2) is 11.6 Å². The lowest BCUT2D eigenvalue weighted by molar-refractivity contribution is -0.344. The summed E-state index contributed by atoms with van der Waals surface area (Å²) in [6, 6.07) is 7.59. The van der Waals surface area contributed by atoms with Crippen molar-refractivity contribution in [2.75, 3.05) is 19.8 Å². The van der Waals surface area contributed by atoms with Crippen LogP contribution in [-0.2, 0) is 39.6 Å². The van der Waals surface area contributed by atoms with Crippen molar-refractivity contribution in [3.63, 3.8) is 0 Å². The maximum Gasteiger partial charge on any atom is 0.338 e. The highest BCUT2D eigenvalue weighted by atomic mass is 16.9. The molecule has 5 fully saturated rings. The largest absolute Gasteiger partial charge is 0.456 e. The SMILES string of the molecule is O=C1O[C@H](CO[C@H]2[C@@H]3OC4(CCCCC4)O[C@@H]3CO[C@@]23COC2(CCCCC2)O3)Cc2ccccc21. The average molecular weight is 501 g/mol. The molecule has 1 aromatic rings. The van der Waals surface area contributed by atoms with Crippen molar-refractivity contribution in [1.29, 1.82) is 0 Å². The van der Waals surface area contributed by atoms with Crippen LogP contribution in [0.1, 0.15) is 80.1 Å². The van der Waals surface area contributed by atoms with Crippen LogP contribution in [0.25, 0.3) is 0 Å². The average Bonchev–Trinajstić information content (AvgIpc) is 3.43. The van der Waals surface area contributed by atoms with Gasteiger partial charge in [-0.3, -0.25) is 0 Å². The number of fused-ring (bicyclic) bond motifs is 2. The van der Waals surface area contributed by atoms with Gasteiger partial charge in [0.05, 0.1) is 18.8 Å². The van der Waals surface area contributed by atoms with E-state index in [1.54, 1.807) is 0 Å². The topological polar surface area (TPSA) is 81.7 Å². The highest BCUT2D eigenvalue weighted by Crippen LogP contribution is 2.51. The summed E-state index contributed by atoms with van der Waals surface area (Å²) in [6.07, 6.45) is 9.36. The Morgan fingerprint density at radius 2 is 1.64 bits per heavy atom. The van der Waals surface area contributed by atoms with E-state index in [1.165, 1.54) is 12.8 Å². The standard InChI is InChI=1S/C28H36O8/c29-25-21-10-4-3-9-19(21)15-20(33-25)16-30-24-23-22(34-27(35-23)13-7-2-8-14-27)17-31-28(24)18-32-26(36-28)11-5-1-6-12-26/h3-4,9-10,20,22-24H,1-2,5-8,11-18H2/t20-,22+,23+,24-,28+/m0/s1. The predicted octanol–water partition coefficient (Wildman–Crippen LogP) is 4.03. The Morgan fingerprint density at radius 1 is 0.889 bits per heavy atom. The Balaban J connectivity index is 1.13. The summed E-state index contributed by atoms with van der Waals surface area (Å²) in [5, 5.41) is 0. The van der Waals surface area contributed by atoms with E-state index in [0.717, 1.165) is 56.9 Å². The molecule has 8 heteroatoms. The number of esters is 1. The molecule has 0 radical (unpaired) electrons. The van der Waals surface area contributed by atoms with Gasteiger partial charge in [-0.2, -0.15) is 0 Å². The molecule has 7 rings (SSSR count). The minimum Gasteiger partial charge on any atom is -0.456 e. The Bertz CT molecular complexity index is 972. The normalized spacial score (nSPS) is 38.7. The fourth-order valence-corrected chi connectivity index (χ4v) is 7.04. The third-order valence-electron chi connectivity index (χ3n) is 8.85. The van der Waals surface area contributed by atoms with Gasteiger partial charge in [0.1, 0.15) is 31.0 Å². The first kappa shape index (κ1) is 23.6. The zero-order chi connectivity index (χ0) is 24.2. The van der Waals surface area contributed by atoms with Gasteiger partial charge < -0.3 is 33.2 Å². The van der Waals surface area contributed by atoms with Crippen LogP contribution in [0.5, 0.6) is 0 Å². The molecule has 36 heavy (non-hydrogen) atoms. The number of ether oxygens (including phenoxy) is 7. The molecule has 8 nitrogen and oxygen atoms in total. The van der Waals surface area contributed by atoms with Crippen molar-refractivity contribution < 1.29 is 38.0 Å². The van der Waals surface area contributed by atoms with E-state index < -0.39 is 23.5 Å². The Labute approximate surface area is 211 Å². The lowest BCUT2D eigenvalue weighted by atomic mass is 9.93. The molecular formula is C28H36O8. The molecule has 0 aromatic heterocycles. The number of carbonyl (C=O) groups excluding carboxylic acids is 1. The van der Waals surface area contributed by atoms with Gasteiger partial charge in [-0.05, 0) is 37.3 Å². The van der Waals surface area contributed by atoms with Gasteiger partial charge in [-0.25, -0.2) is 4.79 Å². The van der Waals surface area contributed by atoms with Crippen LogP contribution < -0.4 is 0 Å².